The van der Waals surface area contributed by atoms with Crippen LogP contribution in [0.15, 0.2) is 55.1 Å². The minimum Gasteiger partial charge on any atom is -0.371 e. The second-order valence-corrected chi connectivity index (χ2v) is 11.1. The van der Waals surface area contributed by atoms with E-state index in [1.54, 1.807) is 26.4 Å². The van der Waals surface area contributed by atoms with Gasteiger partial charge in [0, 0.05) is 38.3 Å². The molecule has 1 aliphatic carbocycles. The molecular formula is C30H33F4N3O5. The van der Waals surface area contributed by atoms with Crippen LogP contribution in [-0.2, 0) is 43.5 Å². The van der Waals surface area contributed by atoms with Crippen molar-refractivity contribution in [3.63, 3.8) is 0 Å². The van der Waals surface area contributed by atoms with E-state index in [4.69, 9.17) is 18.9 Å². The molecule has 4 atom stereocenters. The van der Waals surface area contributed by atoms with Gasteiger partial charge >= 0.3 is 0 Å². The number of nitrogens with zero attached hydrogens (tertiary/aromatic N) is 2. The molecule has 1 saturated heterocycles. The number of hydrogen-bond donors (Lipinski definition) is 1. The molecule has 42 heavy (non-hydrogen) atoms. The average Bonchev–Trinajstić information content (AvgIpc) is 3.58. The summed E-state index contributed by atoms with van der Waals surface area (Å²) >= 11 is 0. The highest BCUT2D eigenvalue weighted by Gasteiger charge is 2.58. The normalized spacial score (nSPS) is 24.9. The second kappa shape index (κ2) is 12.5. The Morgan fingerprint density at radius 2 is 1.69 bits per heavy atom. The van der Waals surface area contributed by atoms with Crippen LogP contribution >= 0.6 is 0 Å². The second-order valence-electron chi connectivity index (χ2n) is 11.1. The van der Waals surface area contributed by atoms with Gasteiger partial charge in [-0.3, -0.25) is 4.79 Å². The fourth-order valence-corrected chi connectivity index (χ4v) is 5.44. The van der Waals surface area contributed by atoms with Gasteiger partial charge in [-0.2, -0.15) is 0 Å². The Hall–Kier alpha value is -3.32. The van der Waals surface area contributed by atoms with E-state index in [2.05, 4.69) is 10.3 Å². The van der Waals surface area contributed by atoms with Crippen LogP contribution in [0.2, 0.25) is 0 Å². The number of rotatable bonds is 11. The van der Waals surface area contributed by atoms with Crippen LogP contribution in [0.1, 0.15) is 44.2 Å². The molecule has 0 spiro atoms. The quantitative estimate of drug-likeness (QED) is 0.255. The molecule has 1 aromatic heterocycles. The summed E-state index contributed by atoms with van der Waals surface area (Å²) in [5.41, 5.74) is -0.748. The van der Waals surface area contributed by atoms with Gasteiger partial charge in [0.25, 0.3) is 5.91 Å². The Balaban J connectivity index is 1.37. The molecule has 2 aromatic carbocycles. The Bertz CT molecular complexity index is 1390. The number of imidazole rings is 1. The first-order valence-electron chi connectivity index (χ1n) is 13.8. The average molecular weight is 592 g/mol. The molecule has 1 aliphatic heterocycles. The summed E-state index contributed by atoms with van der Waals surface area (Å²) in [6.45, 7) is 4.21. The molecule has 226 valence electrons. The summed E-state index contributed by atoms with van der Waals surface area (Å²) in [5, 5.41) is 2.95. The van der Waals surface area contributed by atoms with E-state index in [9.17, 15) is 22.4 Å². The van der Waals surface area contributed by atoms with Gasteiger partial charge in [0.15, 0.2) is 34.7 Å². The fraction of sp³-hybridized carbons (Fsp3) is 0.467. The molecule has 2 fully saturated rings. The first-order valence-corrected chi connectivity index (χ1v) is 13.8. The van der Waals surface area contributed by atoms with Crippen LogP contribution in [0.3, 0.4) is 0 Å². The van der Waals surface area contributed by atoms with Gasteiger partial charge in [-0.1, -0.05) is 12.1 Å². The van der Waals surface area contributed by atoms with Crippen molar-refractivity contribution in [3.05, 3.63) is 89.5 Å². The summed E-state index contributed by atoms with van der Waals surface area (Å²) < 4.78 is 81.4. The number of ether oxygens (including phenoxy) is 4. The molecule has 8 nitrogen and oxygen atoms in total. The molecule has 3 aromatic rings. The van der Waals surface area contributed by atoms with Crippen LogP contribution in [0, 0.1) is 23.3 Å². The van der Waals surface area contributed by atoms with Crippen LogP contribution in [-0.4, -0.2) is 51.7 Å². The minimum absolute atomic E-state index is 0.0360. The van der Waals surface area contributed by atoms with Crippen molar-refractivity contribution in [2.45, 2.75) is 82.6 Å². The fourth-order valence-electron chi connectivity index (χ4n) is 5.44. The highest BCUT2D eigenvalue weighted by molar-refractivity contribution is 5.85. The van der Waals surface area contributed by atoms with E-state index in [1.165, 1.54) is 12.1 Å². The lowest BCUT2D eigenvalue weighted by Gasteiger charge is -2.43. The van der Waals surface area contributed by atoms with E-state index in [0.29, 0.717) is 30.6 Å². The highest BCUT2D eigenvalue weighted by atomic mass is 19.2. The zero-order valence-electron chi connectivity index (χ0n) is 23.3. The van der Waals surface area contributed by atoms with Crippen LogP contribution < -0.4 is 5.32 Å². The topological polar surface area (TPSA) is 83.8 Å². The number of nitrogens with one attached hydrogen (secondary N) is 1. The molecule has 12 heteroatoms. The Labute approximate surface area is 240 Å². The SMILES string of the molecule is CC1(C)O[C@H]2[C@@H](OCc3ccc(F)c(F)c3)C[C@](OCc3ccc(F)c(F)c3)(C(=O)NCCCn3ccnc3)C[C@H]2O1. The molecule has 1 N–H and O–H groups in total. The zero-order chi connectivity index (χ0) is 29.9. The number of halogens is 4. The molecule has 0 radical (unpaired) electrons. The first-order chi connectivity index (χ1) is 20.0. The lowest BCUT2D eigenvalue weighted by Crippen LogP contribution is -2.60. The van der Waals surface area contributed by atoms with Crippen molar-refractivity contribution in [1.82, 2.24) is 14.9 Å². The van der Waals surface area contributed by atoms with E-state index in [1.807, 2.05) is 10.8 Å². The summed E-state index contributed by atoms with van der Waals surface area (Å²) in [6.07, 6.45) is 4.04. The smallest absolute Gasteiger partial charge is 0.252 e. The number of carbonyl (C=O) groups excluding carboxylic acids is 1. The van der Waals surface area contributed by atoms with Crippen molar-refractivity contribution >= 4 is 5.91 Å². The number of fused-ring (bicyclic) bond motifs is 1. The number of benzene rings is 2. The number of hydrogen-bond acceptors (Lipinski definition) is 6. The minimum atomic E-state index is -1.48. The predicted octanol–water partition coefficient (Wildman–Crippen LogP) is 4.80. The van der Waals surface area contributed by atoms with Crippen molar-refractivity contribution in [2.75, 3.05) is 6.54 Å². The maximum atomic E-state index is 13.9. The third-order valence-electron chi connectivity index (χ3n) is 7.45. The number of amides is 1. The summed E-state index contributed by atoms with van der Waals surface area (Å²) in [4.78, 5) is 17.9. The third kappa shape index (κ3) is 7.00. The molecule has 5 rings (SSSR count). The molecule has 2 heterocycles. The summed E-state index contributed by atoms with van der Waals surface area (Å²) in [7, 11) is 0. The van der Waals surface area contributed by atoms with Gasteiger partial charge in [0.1, 0.15) is 6.10 Å². The Morgan fingerprint density at radius 3 is 2.33 bits per heavy atom. The largest absolute Gasteiger partial charge is 0.371 e. The van der Waals surface area contributed by atoms with E-state index in [0.717, 1.165) is 24.3 Å². The number of aryl methyl sites for hydroxylation is 1. The van der Waals surface area contributed by atoms with Crippen molar-refractivity contribution < 1.29 is 41.3 Å². The van der Waals surface area contributed by atoms with E-state index < -0.39 is 58.9 Å². The van der Waals surface area contributed by atoms with E-state index in [-0.39, 0.29) is 26.1 Å². The monoisotopic (exact) mass is 591 g/mol. The maximum absolute atomic E-state index is 13.9. The molecule has 0 unspecified atom stereocenters. The van der Waals surface area contributed by atoms with Crippen LogP contribution in [0.5, 0.6) is 0 Å². The first kappa shape index (κ1) is 30.1. The van der Waals surface area contributed by atoms with Crippen molar-refractivity contribution in [3.8, 4) is 0 Å². The zero-order valence-corrected chi connectivity index (χ0v) is 23.3. The molecule has 1 saturated carbocycles. The lowest BCUT2D eigenvalue weighted by atomic mass is 9.78. The predicted molar refractivity (Wildman–Crippen MR) is 142 cm³/mol. The van der Waals surface area contributed by atoms with E-state index >= 15 is 0 Å². The lowest BCUT2D eigenvalue weighted by molar-refractivity contribution is -0.183. The Kier molecular flexibility index (Phi) is 8.97. The highest BCUT2D eigenvalue weighted by Crippen LogP contribution is 2.44. The third-order valence-corrected chi connectivity index (χ3v) is 7.45. The molecule has 0 bridgehead atoms. The maximum Gasteiger partial charge on any atom is 0.252 e. The van der Waals surface area contributed by atoms with Gasteiger partial charge in [0.2, 0.25) is 0 Å². The summed E-state index contributed by atoms with van der Waals surface area (Å²) in [6, 6.07) is 6.88. The van der Waals surface area contributed by atoms with Crippen molar-refractivity contribution in [1.29, 1.82) is 0 Å². The molecular weight excluding hydrogens is 558 g/mol. The van der Waals surface area contributed by atoms with Gasteiger partial charge in [-0.15, -0.1) is 0 Å². The summed E-state index contributed by atoms with van der Waals surface area (Å²) in [5.74, 6) is -5.38. The van der Waals surface area contributed by atoms with Gasteiger partial charge in [-0.25, -0.2) is 22.5 Å². The van der Waals surface area contributed by atoms with Crippen molar-refractivity contribution in [2.24, 2.45) is 0 Å². The number of carbonyl (C=O) groups is 1. The Morgan fingerprint density at radius 1 is 1.00 bits per heavy atom. The van der Waals surface area contributed by atoms with Crippen LogP contribution in [0.4, 0.5) is 17.6 Å². The van der Waals surface area contributed by atoms with Gasteiger partial charge < -0.3 is 28.8 Å². The molecule has 2 aliphatic rings. The van der Waals surface area contributed by atoms with Crippen LogP contribution in [0.25, 0.3) is 0 Å². The van der Waals surface area contributed by atoms with Gasteiger partial charge in [0.05, 0.1) is 31.7 Å². The standard InChI is InChI=1S/C30H33F4N3O5/c1-29(2)41-26-15-30(40-17-20-5-7-22(32)24(34)13-20,28(38)36-8-3-10-37-11-9-35-18-37)14-25(27(26)42-29)39-16-19-4-6-21(31)23(33)12-19/h4-7,9,11-13,18,25-27H,3,8,10,14-17H2,1-2H3,(H,36,38)/t25-,26+,27-,30+/m0/s1. The molecule has 1 amide bonds. The van der Waals surface area contributed by atoms with Gasteiger partial charge in [-0.05, 0) is 55.7 Å². The number of aromatic nitrogens is 2.